The summed E-state index contributed by atoms with van der Waals surface area (Å²) in [4.78, 5) is 12.3. The molecule has 4 N–H and O–H groups in total. The molecule has 0 saturated carbocycles. The van der Waals surface area contributed by atoms with E-state index in [9.17, 15) is 4.79 Å². The van der Waals surface area contributed by atoms with Crippen molar-refractivity contribution in [3.63, 3.8) is 0 Å². The standard InChI is InChI=1S/C16H27N3O/c1-10(2)15(11(3)4)9-18-16(20)14-7-6-13(19-17)8-12(14)5/h6-8,10-11,15,19H,9,17H2,1-5H3,(H,18,20). The molecule has 20 heavy (non-hydrogen) atoms. The van der Waals surface area contributed by atoms with Gasteiger partial charge in [0.2, 0.25) is 0 Å². The Labute approximate surface area is 122 Å². The maximum atomic E-state index is 12.3. The van der Waals surface area contributed by atoms with Gasteiger partial charge >= 0.3 is 0 Å². The van der Waals surface area contributed by atoms with Crippen molar-refractivity contribution in [3.8, 4) is 0 Å². The van der Waals surface area contributed by atoms with Gasteiger partial charge in [-0.25, -0.2) is 0 Å². The van der Waals surface area contributed by atoms with E-state index >= 15 is 0 Å². The van der Waals surface area contributed by atoms with Crippen molar-refractivity contribution in [1.82, 2.24) is 5.32 Å². The van der Waals surface area contributed by atoms with E-state index in [-0.39, 0.29) is 5.91 Å². The Hall–Kier alpha value is -1.55. The largest absolute Gasteiger partial charge is 0.352 e. The number of carbonyl (C=O) groups is 1. The fourth-order valence-corrected chi connectivity index (χ4v) is 2.56. The number of carbonyl (C=O) groups excluding carboxylic acids is 1. The monoisotopic (exact) mass is 277 g/mol. The van der Waals surface area contributed by atoms with Gasteiger partial charge in [-0.2, -0.15) is 0 Å². The van der Waals surface area contributed by atoms with E-state index in [4.69, 9.17) is 5.84 Å². The zero-order valence-corrected chi connectivity index (χ0v) is 13.2. The first-order valence-corrected chi connectivity index (χ1v) is 7.22. The third-order valence-corrected chi connectivity index (χ3v) is 3.85. The molecular weight excluding hydrogens is 250 g/mol. The molecule has 112 valence electrons. The number of hydrogen-bond acceptors (Lipinski definition) is 3. The first kappa shape index (κ1) is 16.5. The van der Waals surface area contributed by atoms with Gasteiger partial charge in [-0.15, -0.1) is 0 Å². The van der Waals surface area contributed by atoms with Crippen molar-refractivity contribution in [3.05, 3.63) is 29.3 Å². The van der Waals surface area contributed by atoms with E-state index < -0.39 is 0 Å². The number of anilines is 1. The number of nitrogens with two attached hydrogens (primary N) is 1. The predicted octanol–water partition coefficient (Wildman–Crippen LogP) is 2.94. The van der Waals surface area contributed by atoms with Crippen LogP contribution >= 0.6 is 0 Å². The van der Waals surface area contributed by atoms with Crippen molar-refractivity contribution < 1.29 is 4.79 Å². The van der Waals surface area contributed by atoms with Gasteiger partial charge in [0.15, 0.2) is 0 Å². The lowest BCUT2D eigenvalue weighted by Gasteiger charge is -2.25. The number of rotatable bonds is 6. The number of nitrogens with one attached hydrogen (secondary N) is 2. The first-order chi connectivity index (χ1) is 9.36. The third-order valence-electron chi connectivity index (χ3n) is 3.85. The number of benzene rings is 1. The lowest BCUT2D eigenvalue weighted by atomic mass is 9.85. The molecule has 0 aliphatic heterocycles. The van der Waals surface area contributed by atoms with Crippen LogP contribution in [0, 0.1) is 24.7 Å². The lowest BCUT2D eigenvalue weighted by Crippen LogP contribution is -2.34. The minimum absolute atomic E-state index is 0.0163. The topological polar surface area (TPSA) is 67.1 Å². The van der Waals surface area contributed by atoms with Crippen LogP contribution in [-0.2, 0) is 0 Å². The smallest absolute Gasteiger partial charge is 0.251 e. The Balaban J connectivity index is 2.72. The second-order valence-electron chi connectivity index (χ2n) is 6.04. The normalized spacial score (nSPS) is 11.2. The fourth-order valence-electron chi connectivity index (χ4n) is 2.56. The van der Waals surface area contributed by atoms with Crippen LogP contribution in [0.5, 0.6) is 0 Å². The van der Waals surface area contributed by atoms with Crippen molar-refractivity contribution in [1.29, 1.82) is 0 Å². The Kier molecular flexibility index (Phi) is 6.02. The van der Waals surface area contributed by atoms with E-state index in [1.54, 1.807) is 6.07 Å². The molecule has 0 bridgehead atoms. The third kappa shape index (κ3) is 4.23. The van der Waals surface area contributed by atoms with Gasteiger partial charge in [0.25, 0.3) is 5.91 Å². The molecule has 0 saturated heterocycles. The molecule has 0 radical (unpaired) electrons. The molecule has 4 heteroatoms. The quantitative estimate of drug-likeness (QED) is 0.553. The average molecular weight is 277 g/mol. The fraction of sp³-hybridized carbons (Fsp3) is 0.562. The van der Waals surface area contributed by atoms with E-state index in [1.807, 2.05) is 19.1 Å². The van der Waals surface area contributed by atoms with Crippen LogP contribution in [0.2, 0.25) is 0 Å². The second kappa shape index (κ2) is 7.29. The van der Waals surface area contributed by atoms with E-state index in [2.05, 4.69) is 38.4 Å². The van der Waals surface area contributed by atoms with Gasteiger partial charge in [0.05, 0.1) is 0 Å². The van der Waals surface area contributed by atoms with Gasteiger partial charge in [0.1, 0.15) is 0 Å². The van der Waals surface area contributed by atoms with Gasteiger partial charge < -0.3 is 10.7 Å². The number of amides is 1. The average Bonchev–Trinajstić information content (AvgIpc) is 2.37. The predicted molar refractivity (Wildman–Crippen MR) is 84.5 cm³/mol. The molecular formula is C16H27N3O. The van der Waals surface area contributed by atoms with Crippen LogP contribution in [-0.4, -0.2) is 12.5 Å². The summed E-state index contributed by atoms with van der Waals surface area (Å²) >= 11 is 0. The molecule has 1 rings (SSSR count). The summed E-state index contributed by atoms with van der Waals surface area (Å²) < 4.78 is 0. The van der Waals surface area contributed by atoms with Crippen molar-refractivity contribution >= 4 is 11.6 Å². The van der Waals surface area contributed by atoms with Gasteiger partial charge in [-0.1, -0.05) is 27.7 Å². The van der Waals surface area contributed by atoms with Crippen LogP contribution in [0.25, 0.3) is 0 Å². The minimum Gasteiger partial charge on any atom is -0.352 e. The van der Waals surface area contributed by atoms with Crippen LogP contribution in [0.1, 0.15) is 43.6 Å². The highest BCUT2D eigenvalue weighted by Gasteiger charge is 2.19. The minimum atomic E-state index is -0.0163. The summed E-state index contributed by atoms with van der Waals surface area (Å²) in [7, 11) is 0. The van der Waals surface area contributed by atoms with Crippen molar-refractivity contribution in [2.75, 3.05) is 12.0 Å². The molecule has 1 amide bonds. The summed E-state index contributed by atoms with van der Waals surface area (Å²) in [6.45, 7) is 11.4. The summed E-state index contributed by atoms with van der Waals surface area (Å²) in [5.41, 5.74) is 5.01. The van der Waals surface area contributed by atoms with E-state index in [0.29, 0.717) is 29.9 Å². The maximum absolute atomic E-state index is 12.3. The van der Waals surface area contributed by atoms with Crippen LogP contribution in [0.15, 0.2) is 18.2 Å². The Bertz CT molecular complexity index is 447. The molecule has 0 aliphatic carbocycles. The molecule has 1 aromatic rings. The molecule has 4 nitrogen and oxygen atoms in total. The number of nitrogen functional groups attached to an aromatic ring is 1. The molecule has 0 fully saturated rings. The number of hydrazine groups is 1. The molecule has 0 heterocycles. The SMILES string of the molecule is Cc1cc(NN)ccc1C(=O)NCC(C(C)C)C(C)C. The second-order valence-corrected chi connectivity index (χ2v) is 6.04. The van der Waals surface area contributed by atoms with Crippen LogP contribution in [0.4, 0.5) is 5.69 Å². The maximum Gasteiger partial charge on any atom is 0.251 e. The van der Waals surface area contributed by atoms with E-state index in [1.165, 1.54) is 0 Å². The van der Waals surface area contributed by atoms with Gasteiger partial charge in [-0.05, 0) is 48.4 Å². The van der Waals surface area contributed by atoms with Crippen molar-refractivity contribution in [2.45, 2.75) is 34.6 Å². The molecule has 0 aromatic heterocycles. The molecule has 0 spiro atoms. The lowest BCUT2D eigenvalue weighted by molar-refractivity contribution is 0.0936. The van der Waals surface area contributed by atoms with Crippen LogP contribution < -0.4 is 16.6 Å². The number of aryl methyl sites for hydroxylation is 1. The Morgan fingerprint density at radius 3 is 2.25 bits per heavy atom. The highest BCUT2D eigenvalue weighted by Crippen LogP contribution is 2.20. The van der Waals surface area contributed by atoms with Gasteiger partial charge in [-0.3, -0.25) is 10.6 Å². The summed E-state index contributed by atoms with van der Waals surface area (Å²) in [5.74, 6) is 6.94. The summed E-state index contributed by atoms with van der Waals surface area (Å²) in [6.07, 6.45) is 0. The first-order valence-electron chi connectivity index (χ1n) is 7.22. The van der Waals surface area contributed by atoms with Crippen LogP contribution in [0.3, 0.4) is 0 Å². The Morgan fingerprint density at radius 1 is 1.20 bits per heavy atom. The molecule has 0 unspecified atom stereocenters. The molecule has 0 atom stereocenters. The molecule has 1 aromatic carbocycles. The zero-order chi connectivity index (χ0) is 15.3. The van der Waals surface area contributed by atoms with Gasteiger partial charge in [0, 0.05) is 17.8 Å². The highest BCUT2D eigenvalue weighted by molar-refractivity contribution is 5.96. The summed E-state index contributed by atoms with van der Waals surface area (Å²) in [5, 5.41) is 3.05. The highest BCUT2D eigenvalue weighted by atomic mass is 16.1. The molecule has 0 aliphatic rings. The summed E-state index contributed by atoms with van der Waals surface area (Å²) in [6, 6.07) is 5.49. The van der Waals surface area contributed by atoms with Crippen molar-refractivity contribution in [2.24, 2.45) is 23.6 Å². The zero-order valence-electron chi connectivity index (χ0n) is 13.2. The Morgan fingerprint density at radius 2 is 1.80 bits per heavy atom. The van der Waals surface area contributed by atoms with E-state index in [0.717, 1.165) is 11.3 Å². The number of hydrogen-bond donors (Lipinski definition) is 3.